The molecule has 1 aliphatic heterocycles. The molecule has 6 nitrogen and oxygen atoms in total. The molecule has 116 valence electrons. The molecule has 1 fully saturated rings. The summed E-state index contributed by atoms with van der Waals surface area (Å²) in [5.74, 6) is -1.30. The third-order valence-corrected chi connectivity index (χ3v) is 4.47. The molecular formula is C14H14FN3O3S. The molecule has 0 spiro atoms. The number of aromatic nitrogens is 2. The molecule has 1 aromatic carbocycles. The Balaban J connectivity index is 1.76. The van der Waals surface area contributed by atoms with Gasteiger partial charge in [0, 0.05) is 42.7 Å². The zero-order chi connectivity index (χ0) is 15.7. The summed E-state index contributed by atoms with van der Waals surface area (Å²) in [6.07, 6.45) is 5.18. The van der Waals surface area contributed by atoms with Gasteiger partial charge in [-0.25, -0.2) is 4.98 Å². The largest absolute Gasteiger partial charge is 0.312 e. The van der Waals surface area contributed by atoms with Gasteiger partial charge in [-0.2, -0.15) is 8.42 Å². The summed E-state index contributed by atoms with van der Waals surface area (Å²) in [5, 5.41) is 0. The van der Waals surface area contributed by atoms with Crippen molar-refractivity contribution >= 4 is 21.8 Å². The number of hydrogen-bond acceptors (Lipinski definition) is 4. The minimum Gasteiger partial charge on any atom is -0.312 e. The van der Waals surface area contributed by atoms with Crippen molar-refractivity contribution < 1.29 is 17.1 Å². The van der Waals surface area contributed by atoms with Crippen molar-refractivity contribution in [2.75, 3.05) is 17.2 Å². The van der Waals surface area contributed by atoms with Crippen molar-refractivity contribution in [2.24, 2.45) is 5.92 Å². The van der Waals surface area contributed by atoms with Crippen LogP contribution in [0.3, 0.4) is 0 Å². The molecule has 0 bridgehead atoms. The van der Waals surface area contributed by atoms with Gasteiger partial charge in [0.05, 0.1) is 12.1 Å². The summed E-state index contributed by atoms with van der Waals surface area (Å²) >= 11 is 0. The highest BCUT2D eigenvalue weighted by molar-refractivity contribution is 7.86. The number of nitrogens with zero attached hydrogens (tertiary/aromatic N) is 3. The van der Waals surface area contributed by atoms with E-state index < -0.39 is 21.9 Å². The van der Waals surface area contributed by atoms with Gasteiger partial charge in [0.25, 0.3) is 0 Å². The molecule has 0 aliphatic carbocycles. The number of carbonyl (C=O) groups excluding carboxylic acids is 1. The summed E-state index contributed by atoms with van der Waals surface area (Å²) in [5.41, 5.74) is 1.57. The monoisotopic (exact) mass is 323 g/mol. The van der Waals surface area contributed by atoms with Crippen molar-refractivity contribution in [2.45, 2.75) is 6.42 Å². The average Bonchev–Trinajstić information content (AvgIpc) is 3.07. The van der Waals surface area contributed by atoms with Gasteiger partial charge in [-0.1, -0.05) is 0 Å². The fraction of sp³-hybridized carbons (Fsp3) is 0.286. The summed E-state index contributed by atoms with van der Waals surface area (Å²) < 4.78 is 36.0. The zero-order valence-corrected chi connectivity index (χ0v) is 12.4. The number of amides is 1. The smallest absolute Gasteiger partial charge is 0.302 e. The Morgan fingerprint density at radius 3 is 2.50 bits per heavy atom. The number of benzene rings is 1. The van der Waals surface area contributed by atoms with Gasteiger partial charge >= 0.3 is 10.2 Å². The van der Waals surface area contributed by atoms with Gasteiger partial charge in [-0.15, -0.1) is 3.89 Å². The predicted octanol–water partition coefficient (Wildman–Crippen LogP) is 1.52. The van der Waals surface area contributed by atoms with E-state index in [1.807, 2.05) is 16.7 Å². The quantitative estimate of drug-likeness (QED) is 0.800. The molecular weight excluding hydrogens is 309 g/mol. The van der Waals surface area contributed by atoms with E-state index in [9.17, 15) is 17.1 Å². The molecule has 1 saturated heterocycles. The first-order valence-corrected chi connectivity index (χ1v) is 8.29. The van der Waals surface area contributed by atoms with Crippen LogP contribution < -0.4 is 4.90 Å². The van der Waals surface area contributed by atoms with E-state index in [1.165, 1.54) is 4.90 Å². The van der Waals surface area contributed by atoms with Crippen LogP contribution in [0.15, 0.2) is 43.0 Å². The predicted molar refractivity (Wildman–Crippen MR) is 78.9 cm³/mol. The summed E-state index contributed by atoms with van der Waals surface area (Å²) in [6, 6.07) is 7.23. The molecule has 8 heteroatoms. The minimum absolute atomic E-state index is 0.0480. The van der Waals surface area contributed by atoms with E-state index in [2.05, 4.69) is 4.98 Å². The second-order valence-electron chi connectivity index (χ2n) is 5.27. The van der Waals surface area contributed by atoms with Crippen LogP contribution in [-0.2, 0) is 15.0 Å². The highest BCUT2D eigenvalue weighted by atomic mass is 32.3. The van der Waals surface area contributed by atoms with Crippen LogP contribution in [-0.4, -0.2) is 36.2 Å². The number of hydrogen-bond donors (Lipinski definition) is 0. The van der Waals surface area contributed by atoms with Gasteiger partial charge in [0.2, 0.25) is 5.91 Å². The number of carbonyl (C=O) groups is 1. The summed E-state index contributed by atoms with van der Waals surface area (Å²) in [6.45, 7) is 0.215. The molecule has 0 saturated carbocycles. The first kappa shape index (κ1) is 14.7. The lowest BCUT2D eigenvalue weighted by Gasteiger charge is -2.17. The topological polar surface area (TPSA) is 72.3 Å². The Morgan fingerprint density at radius 2 is 1.91 bits per heavy atom. The van der Waals surface area contributed by atoms with Crippen LogP contribution in [0.25, 0.3) is 5.69 Å². The Bertz CT molecular complexity index is 772. The molecule has 22 heavy (non-hydrogen) atoms. The van der Waals surface area contributed by atoms with E-state index in [1.54, 1.807) is 30.9 Å². The van der Waals surface area contributed by atoms with Gasteiger partial charge in [0.1, 0.15) is 0 Å². The van der Waals surface area contributed by atoms with Gasteiger partial charge in [-0.05, 0) is 24.3 Å². The first-order chi connectivity index (χ1) is 10.4. The van der Waals surface area contributed by atoms with Crippen molar-refractivity contribution in [3.05, 3.63) is 43.0 Å². The molecule has 0 radical (unpaired) electrons. The Hall–Kier alpha value is -2.22. The van der Waals surface area contributed by atoms with E-state index in [-0.39, 0.29) is 18.9 Å². The molecule has 3 rings (SSSR count). The highest BCUT2D eigenvalue weighted by Crippen LogP contribution is 2.27. The van der Waals surface area contributed by atoms with Crippen LogP contribution in [0.1, 0.15) is 6.42 Å². The Labute approximate surface area is 127 Å². The summed E-state index contributed by atoms with van der Waals surface area (Å²) in [4.78, 5) is 17.4. The number of rotatable bonds is 4. The number of imidazole rings is 1. The first-order valence-electron chi connectivity index (χ1n) is 6.73. The van der Waals surface area contributed by atoms with Crippen LogP contribution in [0, 0.1) is 5.92 Å². The maximum atomic E-state index is 12.7. The third kappa shape index (κ3) is 3.16. The van der Waals surface area contributed by atoms with Crippen molar-refractivity contribution in [1.29, 1.82) is 0 Å². The van der Waals surface area contributed by atoms with Crippen LogP contribution >= 0.6 is 0 Å². The Kier molecular flexibility index (Phi) is 3.69. The molecule has 2 aromatic rings. The lowest BCUT2D eigenvalue weighted by Crippen LogP contribution is -2.25. The van der Waals surface area contributed by atoms with Crippen LogP contribution in [0.4, 0.5) is 9.57 Å². The maximum Gasteiger partial charge on any atom is 0.302 e. The average molecular weight is 323 g/mol. The van der Waals surface area contributed by atoms with Gasteiger partial charge in [0.15, 0.2) is 0 Å². The standard InChI is InChI=1S/C14H14FN3O3S/c15-22(20,21)9-11-7-14(19)18(8-11)13-3-1-12(2-4-13)17-6-5-16-10-17/h1-6,10-11H,7-9H2. The van der Waals surface area contributed by atoms with Crippen LogP contribution in [0.2, 0.25) is 0 Å². The van der Waals surface area contributed by atoms with Crippen molar-refractivity contribution in [3.8, 4) is 5.69 Å². The SMILES string of the molecule is O=C1CC(CS(=O)(=O)F)CN1c1ccc(-n2ccnc2)cc1. The van der Waals surface area contributed by atoms with Crippen molar-refractivity contribution in [3.63, 3.8) is 0 Å². The number of halogens is 1. The van der Waals surface area contributed by atoms with Gasteiger partial charge < -0.3 is 9.47 Å². The van der Waals surface area contributed by atoms with E-state index >= 15 is 0 Å². The van der Waals surface area contributed by atoms with E-state index in [0.717, 1.165) is 5.69 Å². The third-order valence-electron chi connectivity index (χ3n) is 3.60. The second-order valence-corrected chi connectivity index (χ2v) is 6.68. The molecule has 1 unspecified atom stereocenters. The second kappa shape index (κ2) is 5.53. The molecule has 2 heterocycles. The lowest BCUT2D eigenvalue weighted by atomic mass is 10.1. The van der Waals surface area contributed by atoms with E-state index in [0.29, 0.717) is 5.69 Å². The fourth-order valence-electron chi connectivity index (χ4n) is 2.64. The molecule has 1 aliphatic rings. The fourth-order valence-corrected chi connectivity index (χ4v) is 3.43. The number of anilines is 1. The van der Waals surface area contributed by atoms with E-state index in [4.69, 9.17) is 0 Å². The molecule has 0 N–H and O–H groups in total. The molecule has 1 amide bonds. The zero-order valence-electron chi connectivity index (χ0n) is 11.6. The summed E-state index contributed by atoms with van der Waals surface area (Å²) in [7, 11) is -4.56. The maximum absolute atomic E-state index is 12.7. The lowest BCUT2D eigenvalue weighted by molar-refractivity contribution is -0.117. The highest BCUT2D eigenvalue weighted by Gasteiger charge is 2.33. The van der Waals surface area contributed by atoms with Gasteiger partial charge in [-0.3, -0.25) is 4.79 Å². The Morgan fingerprint density at radius 1 is 1.23 bits per heavy atom. The molecule has 1 aromatic heterocycles. The molecule has 1 atom stereocenters. The normalized spacial score (nSPS) is 18.9. The van der Waals surface area contributed by atoms with Crippen molar-refractivity contribution in [1.82, 2.24) is 9.55 Å². The van der Waals surface area contributed by atoms with Crippen LogP contribution in [0.5, 0.6) is 0 Å². The minimum atomic E-state index is -4.56.